The average Bonchev–Trinajstić information content (AvgIpc) is 2.40. The lowest BCUT2D eigenvalue weighted by atomic mass is 9.82. The summed E-state index contributed by atoms with van der Waals surface area (Å²) in [5, 5.41) is 0. The van der Waals surface area contributed by atoms with E-state index in [2.05, 4.69) is 4.98 Å². The van der Waals surface area contributed by atoms with Crippen molar-refractivity contribution in [2.24, 2.45) is 11.7 Å². The van der Waals surface area contributed by atoms with Crippen LogP contribution in [0.5, 0.6) is 5.75 Å². The second-order valence-electron chi connectivity index (χ2n) is 4.81. The summed E-state index contributed by atoms with van der Waals surface area (Å²) < 4.78 is 5.47. The summed E-state index contributed by atoms with van der Waals surface area (Å²) in [7, 11) is 0. The molecule has 0 saturated heterocycles. The van der Waals surface area contributed by atoms with Gasteiger partial charge < -0.3 is 10.5 Å². The lowest BCUT2D eigenvalue weighted by Gasteiger charge is -2.27. The van der Waals surface area contributed by atoms with Gasteiger partial charge in [-0.15, -0.1) is 0 Å². The van der Waals surface area contributed by atoms with E-state index in [-0.39, 0.29) is 6.04 Å². The predicted octanol–water partition coefficient (Wildman–Crippen LogP) is 3.06. The largest absolute Gasteiger partial charge is 0.492 e. The number of hydrogen-bond donors (Lipinski definition) is 1. The standard InChI is InChI=1S/C14H22N2O/c1-2-17-13-8-12(9-16-10-13)14(15)11-6-4-3-5-7-11/h8-11,14H,2-7,15H2,1H3. The molecule has 3 nitrogen and oxygen atoms in total. The van der Waals surface area contributed by atoms with Crippen molar-refractivity contribution in [1.29, 1.82) is 0 Å². The Labute approximate surface area is 103 Å². The van der Waals surface area contributed by atoms with E-state index >= 15 is 0 Å². The van der Waals surface area contributed by atoms with E-state index in [0.29, 0.717) is 12.5 Å². The topological polar surface area (TPSA) is 48.1 Å². The van der Waals surface area contributed by atoms with Crippen LogP contribution < -0.4 is 10.5 Å². The highest BCUT2D eigenvalue weighted by molar-refractivity contribution is 5.26. The van der Waals surface area contributed by atoms with Crippen LogP contribution in [0.1, 0.15) is 50.6 Å². The average molecular weight is 234 g/mol. The molecule has 1 unspecified atom stereocenters. The van der Waals surface area contributed by atoms with Crippen molar-refractivity contribution in [2.45, 2.75) is 45.1 Å². The van der Waals surface area contributed by atoms with Gasteiger partial charge in [-0.25, -0.2) is 0 Å². The molecule has 1 saturated carbocycles. The van der Waals surface area contributed by atoms with Crippen LogP contribution in [0.2, 0.25) is 0 Å². The Kier molecular flexibility index (Phi) is 4.37. The molecular weight excluding hydrogens is 212 g/mol. The fourth-order valence-electron chi connectivity index (χ4n) is 2.63. The van der Waals surface area contributed by atoms with E-state index in [1.807, 2.05) is 19.2 Å². The maximum atomic E-state index is 6.34. The van der Waals surface area contributed by atoms with Crippen LogP contribution in [-0.2, 0) is 0 Å². The molecule has 0 amide bonds. The number of ether oxygens (including phenoxy) is 1. The van der Waals surface area contributed by atoms with Crippen molar-refractivity contribution in [3.63, 3.8) is 0 Å². The van der Waals surface area contributed by atoms with E-state index in [1.165, 1.54) is 32.1 Å². The van der Waals surface area contributed by atoms with Gasteiger partial charge in [0.2, 0.25) is 0 Å². The summed E-state index contributed by atoms with van der Waals surface area (Å²) in [5.74, 6) is 1.44. The third-order valence-corrected chi connectivity index (χ3v) is 3.59. The monoisotopic (exact) mass is 234 g/mol. The van der Waals surface area contributed by atoms with E-state index in [1.54, 1.807) is 6.20 Å². The van der Waals surface area contributed by atoms with Gasteiger partial charge in [0.05, 0.1) is 12.8 Å². The lowest BCUT2D eigenvalue weighted by Crippen LogP contribution is -2.23. The van der Waals surface area contributed by atoms with Crippen molar-refractivity contribution in [3.05, 3.63) is 24.0 Å². The summed E-state index contributed by atoms with van der Waals surface area (Å²) in [6, 6.07) is 2.15. The van der Waals surface area contributed by atoms with Gasteiger partial charge in [0, 0.05) is 12.2 Å². The molecule has 3 heteroatoms. The number of hydrogen-bond acceptors (Lipinski definition) is 3. The summed E-state index contributed by atoms with van der Waals surface area (Å²) in [6.45, 7) is 2.65. The number of nitrogens with zero attached hydrogens (tertiary/aromatic N) is 1. The number of nitrogens with two attached hydrogens (primary N) is 1. The van der Waals surface area contributed by atoms with Gasteiger partial charge in [-0.1, -0.05) is 19.3 Å². The Bertz CT molecular complexity index is 348. The van der Waals surface area contributed by atoms with Crippen LogP contribution in [-0.4, -0.2) is 11.6 Å². The van der Waals surface area contributed by atoms with Crippen molar-refractivity contribution in [1.82, 2.24) is 4.98 Å². The Morgan fingerprint density at radius 2 is 2.12 bits per heavy atom. The Hall–Kier alpha value is -1.09. The van der Waals surface area contributed by atoms with Gasteiger partial charge in [-0.3, -0.25) is 4.98 Å². The van der Waals surface area contributed by atoms with Gasteiger partial charge in [0.1, 0.15) is 5.75 Å². The first-order valence-electron chi connectivity index (χ1n) is 6.64. The van der Waals surface area contributed by atoms with Gasteiger partial charge >= 0.3 is 0 Å². The summed E-state index contributed by atoms with van der Waals surface area (Å²) in [4.78, 5) is 4.21. The normalized spacial score (nSPS) is 18.9. The molecule has 1 aromatic rings. The summed E-state index contributed by atoms with van der Waals surface area (Å²) in [6.07, 6.45) is 10.1. The number of rotatable bonds is 4. The Morgan fingerprint density at radius 1 is 1.35 bits per heavy atom. The zero-order chi connectivity index (χ0) is 12.1. The molecule has 0 radical (unpaired) electrons. The van der Waals surface area contributed by atoms with Crippen molar-refractivity contribution < 1.29 is 4.74 Å². The van der Waals surface area contributed by atoms with Crippen LogP contribution in [0.3, 0.4) is 0 Å². The zero-order valence-corrected chi connectivity index (χ0v) is 10.6. The summed E-state index contributed by atoms with van der Waals surface area (Å²) in [5.41, 5.74) is 7.45. The molecule has 0 aromatic carbocycles. The fraction of sp³-hybridized carbons (Fsp3) is 0.643. The maximum Gasteiger partial charge on any atom is 0.137 e. The molecule has 1 heterocycles. The first-order valence-corrected chi connectivity index (χ1v) is 6.64. The van der Waals surface area contributed by atoms with Gasteiger partial charge in [-0.05, 0) is 37.3 Å². The third kappa shape index (κ3) is 3.19. The van der Waals surface area contributed by atoms with Crippen LogP contribution in [0.25, 0.3) is 0 Å². The molecule has 94 valence electrons. The maximum absolute atomic E-state index is 6.34. The summed E-state index contributed by atoms with van der Waals surface area (Å²) >= 11 is 0. The smallest absolute Gasteiger partial charge is 0.137 e. The lowest BCUT2D eigenvalue weighted by molar-refractivity contribution is 0.305. The van der Waals surface area contributed by atoms with E-state index in [0.717, 1.165) is 11.3 Å². The minimum absolute atomic E-state index is 0.114. The molecule has 1 fully saturated rings. The first-order chi connectivity index (χ1) is 8.31. The molecule has 0 spiro atoms. The Morgan fingerprint density at radius 3 is 2.82 bits per heavy atom. The number of pyridine rings is 1. The molecule has 2 N–H and O–H groups in total. The second-order valence-corrected chi connectivity index (χ2v) is 4.81. The minimum atomic E-state index is 0.114. The van der Waals surface area contributed by atoms with Crippen molar-refractivity contribution in [3.8, 4) is 5.75 Å². The highest BCUT2D eigenvalue weighted by Crippen LogP contribution is 2.33. The molecule has 0 aliphatic heterocycles. The highest BCUT2D eigenvalue weighted by Gasteiger charge is 2.22. The van der Waals surface area contributed by atoms with Gasteiger partial charge in [-0.2, -0.15) is 0 Å². The van der Waals surface area contributed by atoms with Crippen LogP contribution in [0.15, 0.2) is 18.5 Å². The molecule has 2 rings (SSSR count). The third-order valence-electron chi connectivity index (χ3n) is 3.59. The van der Waals surface area contributed by atoms with E-state index in [4.69, 9.17) is 10.5 Å². The molecule has 1 atom stereocenters. The highest BCUT2D eigenvalue weighted by atomic mass is 16.5. The van der Waals surface area contributed by atoms with Gasteiger partial charge in [0.15, 0.2) is 0 Å². The predicted molar refractivity (Wildman–Crippen MR) is 68.9 cm³/mol. The number of aromatic nitrogens is 1. The second kappa shape index (κ2) is 6.01. The minimum Gasteiger partial charge on any atom is -0.492 e. The molecule has 0 bridgehead atoms. The SMILES string of the molecule is CCOc1cncc(C(N)C2CCCCC2)c1. The molecule has 1 aliphatic carbocycles. The fourth-order valence-corrected chi connectivity index (χ4v) is 2.63. The quantitative estimate of drug-likeness (QED) is 0.871. The van der Waals surface area contributed by atoms with Crippen LogP contribution in [0, 0.1) is 5.92 Å². The molecule has 1 aromatic heterocycles. The van der Waals surface area contributed by atoms with Crippen molar-refractivity contribution >= 4 is 0 Å². The molecular formula is C14H22N2O. The van der Waals surface area contributed by atoms with E-state index in [9.17, 15) is 0 Å². The zero-order valence-electron chi connectivity index (χ0n) is 10.6. The van der Waals surface area contributed by atoms with Gasteiger partial charge in [0.25, 0.3) is 0 Å². The molecule has 1 aliphatic rings. The van der Waals surface area contributed by atoms with E-state index < -0.39 is 0 Å². The molecule has 17 heavy (non-hydrogen) atoms. The van der Waals surface area contributed by atoms with Crippen LogP contribution in [0.4, 0.5) is 0 Å². The van der Waals surface area contributed by atoms with Crippen molar-refractivity contribution in [2.75, 3.05) is 6.61 Å². The first kappa shape index (κ1) is 12.4. The van der Waals surface area contributed by atoms with Crippen LogP contribution >= 0.6 is 0 Å². The Balaban J connectivity index is 2.06.